The number of rotatable bonds is 5. The molecule has 0 saturated carbocycles. The molecular formula is C27H31FN6O3. The number of halogens is 1. The van der Waals surface area contributed by atoms with E-state index in [4.69, 9.17) is 4.52 Å². The zero-order valence-corrected chi connectivity index (χ0v) is 21.5. The largest absolute Gasteiger partial charge is 0.361 e. The lowest BCUT2D eigenvalue weighted by atomic mass is 10.00. The Morgan fingerprint density at radius 1 is 1.08 bits per heavy atom. The highest BCUT2D eigenvalue weighted by atomic mass is 19.1. The molecule has 3 heterocycles. The van der Waals surface area contributed by atoms with Gasteiger partial charge in [-0.05, 0) is 69.7 Å². The Labute approximate surface area is 215 Å². The van der Waals surface area contributed by atoms with Gasteiger partial charge in [0.25, 0.3) is 11.8 Å². The van der Waals surface area contributed by atoms with Crippen molar-refractivity contribution in [3.05, 3.63) is 69.7 Å². The van der Waals surface area contributed by atoms with E-state index in [9.17, 15) is 9.59 Å². The van der Waals surface area contributed by atoms with Crippen molar-refractivity contribution in [1.82, 2.24) is 25.3 Å². The number of nitrogens with zero attached hydrogens (tertiary/aromatic N) is 5. The van der Waals surface area contributed by atoms with Gasteiger partial charge in [0.05, 0.1) is 11.6 Å². The molecule has 1 aromatic carbocycles. The van der Waals surface area contributed by atoms with Gasteiger partial charge in [0.1, 0.15) is 23.2 Å². The summed E-state index contributed by atoms with van der Waals surface area (Å²) in [6.45, 7) is 7.07. The number of hydrogen-bond donors (Lipinski definition) is 1. The van der Waals surface area contributed by atoms with Crippen molar-refractivity contribution in [3.8, 4) is 0 Å². The quantitative estimate of drug-likeness (QED) is 0.563. The van der Waals surface area contributed by atoms with Crippen molar-refractivity contribution >= 4 is 17.6 Å². The van der Waals surface area contributed by atoms with Gasteiger partial charge in [-0.2, -0.15) is 0 Å². The molecule has 10 heteroatoms. The van der Waals surface area contributed by atoms with Crippen molar-refractivity contribution in [1.29, 1.82) is 0 Å². The predicted octanol–water partition coefficient (Wildman–Crippen LogP) is 3.69. The highest BCUT2D eigenvalue weighted by Crippen LogP contribution is 2.34. The second kappa shape index (κ2) is 9.91. The normalized spacial score (nSPS) is 17.5. The minimum Gasteiger partial charge on any atom is -0.361 e. The van der Waals surface area contributed by atoms with Crippen molar-refractivity contribution in [2.45, 2.75) is 58.5 Å². The highest BCUT2D eigenvalue weighted by Gasteiger charge is 2.31. The molecule has 2 aliphatic rings. The summed E-state index contributed by atoms with van der Waals surface area (Å²) in [7, 11) is 1.75. The second-order valence-corrected chi connectivity index (χ2v) is 9.97. The molecule has 37 heavy (non-hydrogen) atoms. The Balaban J connectivity index is 1.25. The Kier molecular flexibility index (Phi) is 6.66. The molecule has 1 aliphatic carbocycles. The van der Waals surface area contributed by atoms with Crippen molar-refractivity contribution in [2.24, 2.45) is 0 Å². The number of fused-ring (bicyclic) bond motifs is 1. The fraction of sp³-hybridized carbons (Fsp3) is 0.444. The van der Waals surface area contributed by atoms with Crippen LogP contribution in [0.5, 0.6) is 0 Å². The van der Waals surface area contributed by atoms with E-state index in [1.165, 1.54) is 6.07 Å². The number of aryl methyl sites for hydroxylation is 4. The molecule has 3 aromatic rings. The molecule has 0 bridgehead atoms. The number of aromatic nitrogens is 3. The predicted molar refractivity (Wildman–Crippen MR) is 135 cm³/mol. The first-order valence-electron chi connectivity index (χ1n) is 12.6. The summed E-state index contributed by atoms with van der Waals surface area (Å²) in [4.78, 5) is 38.6. The summed E-state index contributed by atoms with van der Waals surface area (Å²) in [5, 5.41) is 6.64. The molecule has 0 spiro atoms. The lowest BCUT2D eigenvalue weighted by molar-refractivity contribution is 0.0704. The van der Waals surface area contributed by atoms with Gasteiger partial charge in [-0.25, -0.2) is 14.4 Å². The minimum atomic E-state index is -0.571. The summed E-state index contributed by atoms with van der Waals surface area (Å²) in [6.07, 6.45) is 2.82. The van der Waals surface area contributed by atoms with Gasteiger partial charge < -0.3 is 19.6 Å². The number of amides is 2. The van der Waals surface area contributed by atoms with Gasteiger partial charge in [0.15, 0.2) is 5.69 Å². The zero-order chi connectivity index (χ0) is 26.3. The molecule has 1 fully saturated rings. The molecule has 2 amide bonds. The number of hydrogen-bond acceptors (Lipinski definition) is 7. The number of anilines is 1. The molecule has 0 radical (unpaired) electrons. The Bertz CT molecular complexity index is 1330. The molecule has 1 aliphatic heterocycles. The van der Waals surface area contributed by atoms with E-state index in [1.807, 2.05) is 19.9 Å². The van der Waals surface area contributed by atoms with Crippen LogP contribution in [0.2, 0.25) is 0 Å². The standard InChI is InChI=1S/C27H31FN6O3/c1-15-11-25(30-17(3)29-15)34-9-7-19(8-10-34)33(4)27(36)21-13-18-5-6-23(20(18)14-22(21)28)31-26(35)24-12-16(2)37-32-24/h11-14,19,23H,5-10H2,1-4H3,(H,31,35)/t23-/m1/s1. The van der Waals surface area contributed by atoms with E-state index in [-0.39, 0.29) is 35.2 Å². The van der Waals surface area contributed by atoms with E-state index in [1.54, 1.807) is 31.0 Å². The zero-order valence-electron chi connectivity index (χ0n) is 21.5. The van der Waals surface area contributed by atoms with Gasteiger partial charge in [0.2, 0.25) is 0 Å². The van der Waals surface area contributed by atoms with Crippen molar-refractivity contribution in [2.75, 3.05) is 25.0 Å². The van der Waals surface area contributed by atoms with Gasteiger partial charge in [0, 0.05) is 44.0 Å². The van der Waals surface area contributed by atoms with Gasteiger partial charge >= 0.3 is 0 Å². The van der Waals surface area contributed by atoms with Crippen LogP contribution in [0, 0.1) is 26.6 Å². The Hall–Kier alpha value is -3.82. The maximum Gasteiger partial charge on any atom is 0.273 e. The summed E-state index contributed by atoms with van der Waals surface area (Å²) < 4.78 is 20.2. The highest BCUT2D eigenvalue weighted by molar-refractivity contribution is 5.95. The van der Waals surface area contributed by atoms with Crippen LogP contribution in [0.1, 0.15) is 74.6 Å². The fourth-order valence-electron chi connectivity index (χ4n) is 5.35. The summed E-state index contributed by atoms with van der Waals surface area (Å²) in [5.74, 6) is 0.930. The number of benzene rings is 1. The number of carbonyl (C=O) groups excluding carboxylic acids is 2. The van der Waals surface area contributed by atoms with Crippen LogP contribution in [0.15, 0.2) is 28.8 Å². The van der Waals surface area contributed by atoms with Crippen LogP contribution >= 0.6 is 0 Å². The summed E-state index contributed by atoms with van der Waals surface area (Å²) in [6, 6.07) is 6.25. The smallest absolute Gasteiger partial charge is 0.273 e. The minimum absolute atomic E-state index is 0.0124. The molecule has 1 atom stereocenters. The molecule has 1 saturated heterocycles. The summed E-state index contributed by atoms with van der Waals surface area (Å²) >= 11 is 0. The topological polar surface area (TPSA) is 104 Å². The van der Waals surface area contributed by atoms with Crippen LogP contribution in [0.25, 0.3) is 0 Å². The van der Waals surface area contributed by atoms with Crippen LogP contribution in [0.3, 0.4) is 0 Å². The first-order chi connectivity index (χ1) is 17.7. The first kappa shape index (κ1) is 24.9. The van der Waals surface area contributed by atoms with E-state index in [0.717, 1.165) is 48.8 Å². The number of nitrogens with one attached hydrogen (secondary N) is 1. The monoisotopic (exact) mass is 506 g/mol. The number of carbonyl (C=O) groups is 2. The third kappa shape index (κ3) is 5.05. The van der Waals surface area contributed by atoms with Gasteiger partial charge in [-0.1, -0.05) is 5.16 Å². The number of piperidine rings is 1. The van der Waals surface area contributed by atoms with E-state index in [2.05, 4.69) is 25.3 Å². The fourth-order valence-corrected chi connectivity index (χ4v) is 5.35. The molecular weight excluding hydrogens is 475 g/mol. The molecule has 0 unspecified atom stereocenters. The van der Waals surface area contributed by atoms with Crippen LogP contribution < -0.4 is 10.2 Å². The maximum atomic E-state index is 15.2. The Morgan fingerprint density at radius 3 is 2.51 bits per heavy atom. The molecule has 194 valence electrons. The van der Waals surface area contributed by atoms with Gasteiger partial charge in [-0.3, -0.25) is 9.59 Å². The average Bonchev–Trinajstić information content (AvgIpc) is 3.48. The maximum absolute atomic E-state index is 15.2. The van der Waals surface area contributed by atoms with Crippen molar-refractivity contribution < 1.29 is 18.5 Å². The molecule has 5 rings (SSSR count). The Morgan fingerprint density at radius 2 is 1.84 bits per heavy atom. The van der Waals surface area contributed by atoms with Crippen LogP contribution in [-0.4, -0.2) is 58.0 Å². The van der Waals surface area contributed by atoms with E-state index >= 15 is 4.39 Å². The second-order valence-electron chi connectivity index (χ2n) is 9.97. The lowest BCUT2D eigenvalue weighted by Gasteiger charge is -2.37. The van der Waals surface area contributed by atoms with E-state index < -0.39 is 5.82 Å². The average molecular weight is 507 g/mol. The molecule has 1 N–H and O–H groups in total. The van der Waals surface area contributed by atoms with Crippen LogP contribution in [-0.2, 0) is 6.42 Å². The van der Waals surface area contributed by atoms with Gasteiger partial charge in [-0.15, -0.1) is 0 Å². The summed E-state index contributed by atoms with van der Waals surface area (Å²) in [5.41, 5.74) is 2.78. The lowest BCUT2D eigenvalue weighted by Crippen LogP contribution is -2.46. The van der Waals surface area contributed by atoms with Crippen LogP contribution in [0.4, 0.5) is 10.2 Å². The molecule has 9 nitrogen and oxygen atoms in total. The molecule has 2 aromatic heterocycles. The first-order valence-corrected chi connectivity index (χ1v) is 12.6. The SMILES string of the molecule is Cc1cc(N2CCC(N(C)C(=O)c3cc4c(cc3F)[C@H](NC(=O)c3cc(C)on3)CC4)CC2)nc(C)n1. The third-order valence-corrected chi connectivity index (χ3v) is 7.31. The van der Waals surface area contributed by atoms with Crippen molar-refractivity contribution in [3.63, 3.8) is 0 Å². The van der Waals surface area contributed by atoms with E-state index in [0.29, 0.717) is 24.2 Å². The third-order valence-electron chi connectivity index (χ3n) is 7.31.